The van der Waals surface area contributed by atoms with Gasteiger partial charge in [-0.1, -0.05) is 31.7 Å². The number of nitrogens with one attached hydrogen (secondary N) is 2. The Hall–Kier alpha value is -2.38. The number of esters is 1. The number of hydrogen-bond acceptors (Lipinski definition) is 7. The summed E-state index contributed by atoms with van der Waals surface area (Å²) in [6.45, 7) is 0. The van der Waals surface area contributed by atoms with Crippen LogP contribution in [-0.2, 0) is 24.3 Å². The minimum Gasteiger partial charge on any atom is -0.434 e. The molecule has 13 heteroatoms. The van der Waals surface area contributed by atoms with Crippen molar-refractivity contribution in [1.82, 2.24) is 10.0 Å². The summed E-state index contributed by atoms with van der Waals surface area (Å²) in [5.41, 5.74) is 0. The molecule has 32 heavy (non-hydrogen) atoms. The molecule has 0 aromatic heterocycles. The van der Waals surface area contributed by atoms with Gasteiger partial charge in [-0.2, -0.15) is 4.72 Å². The number of rotatable bonds is 8. The molecule has 1 aliphatic carbocycles. The predicted octanol–water partition coefficient (Wildman–Crippen LogP) is 1.56. The summed E-state index contributed by atoms with van der Waals surface area (Å²) < 4.78 is 73.7. The Morgan fingerprint density at radius 1 is 1.28 bits per heavy atom. The van der Waals surface area contributed by atoms with Gasteiger partial charge in [-0.15, -0.1) is 13.2 Å². The van der Waals surface area contributed by atoms with Crippen LogP contribution in [0, 0.1) is 5.92 Å². The summed E-state index contributed by atoms with van der Waals surface area (Å²) in [6.07, 6.45) is -3.19. The monoisotopic (exact) mass is 480 g/mol. The van der Waals surface area contributed by atoms with Crippen LogP contribution in [0.4, 0.5) is 13.2 Å². The van der Waals surface area contributed by atoms with E-state index in [0.29, 0.717) is 6.07 Å². The number of carbonyl (C=O) groups excluding carboxylic acids is 2. The van der Waals surface area contributed by atoms with E-state index in [2.05, 4.69) is 19.5 Å². The number of carbonyl (C=O) groups is 2. The molecule has 3 atom stereocenters. The molecule has 1 aromatic carbocycles. The van der Waals surface area contributed by atoms with Crippen molar-refractivity contribution in [3.05, 3.63) is 24.3 Å². The third-order valence-corrected chi connectivity index (χ3v) is 6.79. The lowest BCUT2D eigenvalue weighted by atomic mass is 9.98. The van der Waals surface area contributed by atoms with Crippen LogP contribution in [0.25, 0.3) is 0 Å². The van der Waals surface area contributed by atoms with Crippen LogP contribution in [0.3, 0.4) is 0 Å². The van der Waals surface area contributed by atoms with Crippen molar-refractivity contribution in [2.24, 2.45) is 5.92 Å². The molecule has 2 aliphatic rings. The molecule has 0 spiro atoms. The van der Waals surface area contributed by atoms with Gasteiger partial charge in [-0.05, 0) is 24.5 Å². The summed E-state index contributed by atoms with van der Waals surface area (Å²) in [7, 11) is -4.40. The van der Waals surface area contributed by atoms with Gasteiger partial charge in [-0.3, -0.25) is 9.59 Å². The third-order valence-electron chi connectivity index (χ3n) is 5.32. The Balaban J connectivity index is 1.77. The van der Waals surface area contributed by atoms with E-state index >= 15 is 0 Å². The van der Waals surface area contributed by atoms with Crippen molar-refractivity contribution in [1.29, 1.82) is 0 Å². The quantitative estimate of drug-likeness (QED) is 0.482. The van der Waals surface area contributed by atoms with Gasteiger partial charge in [0.25, 0.3) is 0 Å². The molecule has 0 radical (unpaired) electrons. The number of aliphatic hydroxyl groups excluding tert-OH is 1. The molecule has 1 aliphatic heterocycles. The van der Waals surface area contributed by atoms with E-state index in [1.165, 1.54) is 0 Å². The molecule has 3 rings (SSSR count). The maximum absolute atomic E-state index is 12.8. The second-order valence-electron chi connectivity index (χ2n) is 7.78. The minimum atomic E-state index is -5.00. The Bertz CT molecular complexity index is 948. The van der Waals surface area contributed by atoms with Crippen LogP contribution in [-0.4, -0.2) is 50.1 Å². The lowest BCUT2D eigenvalue weighted by Gasteiger charge is -2.23. The predicted molar refractivity (Wildman–Crippen MR) is 102 cm³/mol. The molecule has 1 heterocycles. The highest BCUT2D eigenvalue weighted by Gasteiger charge is 2.38. The van der Waals surface area contributed by atoms with E-state index in [1.54, 1.807) is 0 Å². The first-order valence-electron chi connectivity index (χ1n) is 9.99. The standard InChI is InChI=1S/C19H23F3N2O7S/c20-19(21,22)31-12-6-3-7-13(9-12)32(28,29)24-14(8-11-4-1-2-5-11)17(26)23-15-10-16(25)30-18(15)27/h3,6-7,9,11,14-15,18,24,27H,1-2,4-5,8,10H2,(H,23,26)/t14-,15-,18?/m0/s1. The smallest absolute Gasteiger partial charge is 0.434 e. The van der Waals surface area contributed by atoms with Gasteiger partial charge in [0, 0.05) is 6.07 Å². The first-order chi connectivity index (χ1) is 14.9. The number of aliphatic hydroxyl groups is 1. The summed E-state index contributed by atoms with van der Waals surface area (Å²) in [5, 5.41) is 12.1. The Kier molecular flexibility index (Phi) is 7.30. The van der Waals surface area contributed by atoms with Crippen molar-refractivity contribution in [2.75, 3.05) is 0 Å². The van der Waals surface area contributed by atoms with Crippen LogP contribution in [0.1, 0.15) is 38.5 Å². The molecule has 1 saturated carbocycles. The number of amides is 1. The van der Waals surface area contributed by atoms with Crippen LogP contribution < -0.4 is 14.8 Å². The van der Waals surface area contributed by atoms with E-state index < -0.39 is 57.3 Å². The van der Waals surface area contributed by atoms with Crippen LogP contribution in [0.5, 0.6) is 5.75 Å². The number of hydrogen-bond donors (Lipinski definition) is 3. The molecule has 3 N–H and O–H groups in total. The number of halogens is 3. The molecule has 178 valence electrons. The summed E-state index contributed by atoms with van der Waals surface area (Å²) >= 11 is 0. The zero-order chi connectivity index (χ0) is 23.5. The SMILES string of the molecule is O=C1C[C@H](NC(=O)[C@H](CC2CCCC2)NS(=O)(=O)c2cccc(OC(F)(F)F)c2)C(O)O1. The molecule has 1 saturated heterocycles. The summed E-state index contributed by atoms with van der Waals surface area (Å²) in [6, 6.07) is 1.51. The first-order valence-corrected chi connectivity index (χ1v) is 11.5. The van der Waals surface area contributed by atoms with Crippen molar-refractivity contribution >= 4 is 21.9 Å². The van der Waals surface area contributed by atoms with Crippen molar-refractivity contribution in [2.45, 2.75) is 68.2 Å². The Labute approximate surface area is 182 Å². The summed E-state index contributed by atoms with van der Waals surface area (Å²) in [5.74, 6) is -2.13. The van der Waals surface area contributed by atoms with E-state index in [9.17, 15) is 36.3 Å². The molecular formula is C19H23F3N2O7S. The molecule has 1 amide bonds. The fourth-order valence-electron chi connectivity index (χ4n) is 3.83. The van der Waals surface area contributed by atoms with Crippen LogP contribution in [0.2, 0.25) is 0 Å². The van der Waals surface area contributed by atoms with Crippen molar-refractivity contribution in [3.63, 3.8) is 0 Å². The van der Waals surface area contributed by atoms with E-state index in [4.69, 9.17) is 0 Å². The number of sulfonamides is 1. The normalized spacial score (nSPS) is 23.1. The Morgan fingerprint density at radius 2 is 1.97 bits per heavy atom. The molecule has 1 aromatic rings. The molecular weight excluding hydrogens is 457 g/mol. The molecule has 9 nitrogen and oxygen atoms in total. The van der Waals surface area contributed by atoms with Gasteiger partial charge in [0.15, 0.2) is 0 Å². The number of ether oxygens (including phenoxy) is 2. The van der Waals surface area contributed by atoms with Gasteiger partial charge in [0.1, 0.15) is 17.8 Å². The summed E-state index contributed by atoms with van der Waals surface area (Å²) in [4.78, 5) is 23.6. The lowest BCUT2D eigenvalue weighted by Crippen LogP contribution is -2.51. The highest BCUT2D eigenvalue weighted by molar-refractivity contribution is 7.89. The number of cyclic esters (lactones) is 1. The molecule has 1 unspecified atom stereocenters. The van der Waals surface area contributed by atoms with Crippen molar-refractivity contribution < 1.29 is 45.8 Å². The molecule has 2 fully saturated rings. The topological polar surface area (TPSA) is 131 Å². The second-order valence-corrected chi connectivity index (χ2v) is 9.50. The van der Waals surface area contributed by atoms with E-state index in [1.807, 2.05) is 0 Å². The van der Waals surface area contributed by atoms with Gasteiger partial charge in [0.05, 0.1) is 11.3 Å². The third kappa shape index (κ3) is 6.56. The zero-order valence-corrected chi connectivity index (χ0v) is 17.6. The molecule has 0 bridgehead atoms. The van der Waals surface area contributed by atoms with E-state index in [0.717, 1.165) is 43.9 Å². The highest BCUT2D eigenvalue weighted by Crippen LogP contribution is 2.30. The Morgan fingerprint density at radius 3 is 2.56 bits per heavy atom. The van der Waals surface area contributed by atoms with Gasteiger partial charge < -0.3 is 19.9 Å². The maximum Gasteiger partial charge on any atom is 0.573 e. The first kappa shape index (κ1) is 24.3. The average molecular weight is 480 g/mol. The highest BCUT2D eigenvalue weighted by atomic mass is 32.2. The largest absolute Gasteiger partial charge is 0.573 e. The number of alkyl halides is 3. The van der Waals surface area contributed by atoms with E-state index in [-0.39, 0.29) is 18.8 Å². The fourth-order valence-corrected chi connectivity index (χ4v) is 5.08. The van der Waals surface area contributed by atoms with Gasteiger partial charge >= 0.3 is 12.3 Å². The van der Waals surface area contributed by atoms with Crippen LogP contribution in [0.15, 0.2) is 29.2 Å². The van der Waals surface area contributed by atoms with Crippen LogP contribution >= 0.6 is 0 Å². The van der Waals surface area contributed by atoms with Gasteiger partial charge in [-0.25, -0.2) is 8.42 Å². The lowest BCUT2D eigenvalue weighted by molar-refractivity contribution is -0.274. The minimum absolute atomic E-state index is 0.0692. The number of benzene rings is 1. The second kappa shape index (κ2) is 9.63. The maximum atomic E-state index is 12.8. The zero-order valence-electron chi connectivity index (χ0n) is 16.8. The van der Waals surface area contributed by atoms with Crippen molar-refractivity contribution in [3.8, 4) is 5.75 Å². The average Bonchev–Trinajstić information content (AvgIpc) is 3.29. The fraction of sp³-hybridized carbons (Fsp3) is 0.579. The van der Waals surface area contributed by atoms with Gasteiger partial charge in [0.2, 0.25) is 22.2 Å².